The summed E-state index contributed by atoms with van der Waals surface area (Å²) in [6, 6.07) is 7.56. The molecule has 1 aromatic rings. The first-order valence-electron chi connectivity index (χ1n) is 9.36. The van der Waals surface area contributed by atoms with Gasteiger partial charge in [0, 0.05) is 12.6 Å². The second-order valence-corrected chi connectivity index (χ2v) is 8.13. The Hall–Kier alpha value is -2.43. The van der Waals surface area contributed by atoms with Crippen LogP contribution < -0.4 is 4.90 Å². The third kappa shape index (κ3) is 2.00. The minimum absolute atomic E-state index is 0.0135. The number of allylic oxidation sites excluding steroid dienone is 2. The molecule has 26 heavy (non-hydrogen) atoms. The van der Waals surface area contributed by atoms with Crippen LogP contribution in [-0.2, 0) is 14.4 Å². The summed E-state index contributed by atoms with van der Waals surface area (Å²) in [5, 5.41) is 0. The SMILES string of the molecule is CC(=O)N(CN1C(=O)[C@@H]2[C@@H]3C=C[C@H]([C@H]4C[C@@H]34)[C@@H]2C1=O)c1ccccc1C. The molecule has 1 heterocycles. The van der Waals surface area contributed by atoms with Crippen molar-refractivity contribution in [3.63, 3.8) is 0 Å². The van der Waals surface area contributed by atoms with Gasteiger partial charge in [0.2, 0.25) is 17.7 Å². The third-order valence-electron chi connectivity index (χ3n) is 6.82. The molecule has 2 bridgehead atoms. The summed E-state index contributed by atoms with van der Waals surface area (Å²) >= 11 is 0. The van der Waals surface area contributed by atoms with Crippen LogP contribution in [0.2, 0.25) is 0 Å². The van der Waals surface area contributed by atoms with Gasteiger partial charge in [-0.1, -0.05) is 30.4 Å². The largest absolute Gasteiger partial charge is 0.294 e. The first-order chi connectivity index (χ1) is 12.5. The van der Waals surface area contributed by atoms with Crippen LogP contribution in [0.15, 0.2) is 36.4 Å². The quantitative estimate of drug-likeness (QED) is 0.621. The molecule has 5 nitrogen and oxygen atoms in total. The van der Waals surface area contributed by atoms with E-state index >= 15 is 0 Å². The average molecular weight is 350 g/mol. The third-order valence-corrected chi connectivity index (χ3v) is 6.82. The molecule has 0 spiro atoms. The molecule has 3 amide bonds. The van der Waals surface area contributed by atoms with Crippen LogP contribution >= 0.6 is 0 Å². The second kappa shape index (κ2) is 5.29. The molecule has 2 saturated carbocycles. The number of aryl methyl sites for hydroxylation is 1. The molecule has 1 aromatic carbocycles. The van der Waals surface area contributed by atoms with Crippen LogP contribution in [-0.4, -0.2) is 29.3 Å². The van der Waals surface area contributed by atoms with Gasteiger partial charge in [0.25, 0.3) is 0 Å². The molecule has 4 aliphatic carbocycles. The maximum atomic E-state index is 13.1. The number of rotatable bonds is 3. The highest BCUT2D eigenvalue weighted by molar-refractivity contribution is 6.07. The van der Waals surface area contributed by atoms with E-state index in [4.69, 9.17) is 0 Å². The van der Waals surface area contributed by atoms with Gasteiger partial charge in [0.15, 0.2) is 0 Å². The molecule has 5 heteroatoms. The number of benzene rings is 1. The molecule has 134 valence electrons. The molecule has 6 rings (SSSR count). The summed E-state index contributed by atoms with van der Waals surface area (Å²) in [6.45, 7) is 3.42. The number of amides is 3. The van der Waals surface area contributed by atoms with Crippen LogP contribution in [0.1, 0.15) is 18.9 Å². The Balaban J connectivity index is 1.46. The Kier molecular flexibility index (Phi) is 3.21. The average Bonchev–Trinajstić information content (AvgIpc) is 3.40. The lowest BCUT2D eigenvalue weighted by Crippen LogP contribution is -2.44. The molecule has 0 unspecified atom stereocenters. The standard InChI is InChI=1S/C21H22N2O3/c1-11-5-3-4-6-17(11)22(12(2)24)10-23-20(25)18-13-7-8-14(16-9-15(13)16)19(18)21(23)26/h3-8,13-16,18-19H,9-10H2,1-2H3/t13-,14-,15-,16+,18+,19-/m1/s1. The summed E-state index contributed by atoms with van der Waals surface area (Å²) in [5.74, 6) is 0.805. The molecule has 1 aliphatic heterocycles. The number of imide groups is 1. The van der Waals surface area contributed by atoms with Crippen molar-refractivity contribution in [2.45, 2.75) is 20.3 Å². The van der Waals surface area contributed by atoms with Crippen molar-refractivity contribution in [3.05, 3.63) is 42.0 Å². The van der Waals surface area contributed by atoms with Crippen molar-refractivity contribution in [2.24, 2.45) is 35.5 Å². The lowest BCUT2D eigenvalue weighted by Gasteiger charge is -2.37. The van der Waals surface area contributed by atoms with E-state index in [0.717, 1.165) is 17.7 Å². The van der Waals surface area contributed by atoms with Crippen molar-refractivity contribution < 1.29 is 14.4 Å². The minimum Gasteiger partial charge on any atom is -0.294 e. The monoisotopic (exact) mass is 350 g/mol. The van der Waals surface area contributed by atoms with Crippen molar-refractivity contribution in [2.75, 3.05) is 11.6 Å². The Bertz CT molecular complexity index is 825. The number of para-hydroxylation sites is 1. The van der Waals surface area contributed by atoms with Crippen LogP contribution in [0.3, 0.4) is 0 Å². The number of carbonyl (C=O) groups is 3. The second-order valence-electron chi connectivity index (χ2n) is 8.13. The summed E-state index contributed by atoms with van der Waals surface area (Å²) in [6.07, 6.45) is 5.48. The summed E-state index contributed by atoms with van der Waals surface area (Å²) in [7, 11) is 0. The van der Waals surface area contributed by atoms with Crippen LogP contribution in [0.25, 0.3) is 0 Å². The highest BCUT2D eigenvalue weighted by Crippen LogP contribution is 2.65. The Labute approximate surface area is 152 Å². The summed E-state index contributed by atoms with van der Waals surface area (Å²) < 4.78 is 0. The van der Waals surface area contributed by atoms with Gasteiger partial charge in [-0.15, -0.1) is 0 Å². The normalized spacial score (nSPS) is 36.2. The maximum Gasteiger partial charge on any atom is 0.235 e. The Morgan fingerprint density at radius 2 is 1.65 bits per heavy atom. The minimum atomic E-state index is -0.216. The van der Waals surface area contributed by atoms with E-state index in [1.165, 1.54) is 11.8 Å². The molecule has 0 aromatic heterocycles. The van der Waals surface area contributed by atoms with Gasteiger partial charge >= 0.3 is 0 Å². The topological polar surface area (TPSA) is 57.7 Å². The van der Waals surface area contributed by atoms with Gasteiger partial charge in [-0.3, -0.25) is 24.2 Å². The zero-order valence-electron chi connectivity index (χ0n) is 15.0. The van der Waals surface area contributed by atoms with Gasteiger partial charge in [0.1, 0.15) is 6.67 Å². The Morgan fingerprint density at radius 1 is 1.08 bits per heavy atom. The summed E-state index contributed by atoms with van der Waals surface area (Å²) in [4.78, 5) is 41.4. The number of likely N-dealkylation sites (tertiary alicyclic amines) is 1. The predicted molar refractivity (Wildman–Crippen MR) is 95.8 cm³/mol. The fourth-order valence-corrected chi connectivity index (χ4v) is 5.51. The molecule has 3 fully saturated rings. The lowest BCUT2D eigenvalue weighted by atomic mass is 9.63. The highest BCUT2D eigenvalue weighted by atomic mass is 16.2. The van der Waals surface area contributed by atoms with E-state index in [1.54, 1.807) is 4.90 Å². The zero-order valence-corrected chi connectivity index (χ0v) is 15.0. The van der Waals surface area contributed by atoms with Crippen LogP contribution in [0, 0.1) is 42.4 Å². The number of anilines is 1. The van der Waals surface area contributed by atoms with E-state index in [0.29, 0.717) is 11.8 Å². The van der Waals surface area contributed by atoms with E-state index in [2.05, 4.69) is 12.2 Å². The lowest BCUT2D eigenvalue weighted by molar-refractivity contribution is -0.140. The number of hydrogen-bond donors (Lipinski definition) is 0. The first-order valence-corrected chi connectivity index (χ1v) is 9.36. The maximum absolute atomic E-state index is 13.1. The van der Waals surface area contributed by atoms with Crippen LogP contribution in [0.4, 0.5) is 5.69 Å². The van der Waals surface area contributed by atoms with Crippen LogP contribution in [0.5, 0.6) is 0 Å². The van der Waals surface area contributed by atoms with Crippen molar-refractivity contribution in [3.8, 4) is 0 Å². The molecule has 0 radical (unpaired) electrons. The molecule has 1 saturated heterocycles. The first kappa shape index (κ1) is 15.8. The number of carbonyl (C=O) groups excluding carboxylic acids is 3. The van der Waals surface area contributed by atoms with Gasteiger partial charge in [0.05, 0.1) is 11.8 Å². The fraction of sp³-hybridized carbons (Fsp3) is 0.476. The van der Waals surface area contributed by atoms with Gasteiger partial charge in [-0.05, 0) is 48.6 Å². The van der Waals surface area contributed by atoms with Gasteiger partial charge < -0.3 is 0 Å². The molecule has 5 aliphatic rings. The van der Waals surface area contributed by atoms with Crippen molar-refractivity contribution >= 4 is 23.4 Å². The molecule has 6 atom stereocenters. The van der Waals surface area contributed by atoms with Crippen molar-refractivity contribution in [1.29, 1.82) is 0 Å². The zero-order chi connectivity index (χ0) is 18.2. The fourth-order valence-electron chi connectivity index (χ4n) is 5.51. The Morgan fingerprint density at radius 3 is 2.19 bits per heavy atom. The van der Waals surface area contributed by atoms with Gasteiger partial charge in [-0.25, -0.2) is 0 Å². The van der Waals surface area contributed by atoms with Crippen molar-refractivity contribution in [1.82, 2.24) is 4.90 Å². The smallest absolute Gasteiger partial charge is 0.235 e. The molecule has 0 N–H and O–H groups in total. The highest BCUT2D eigenvalue weighted by Gasteiger charge is 2.67. The number of nitrogens with zero attached hydrogens (tertiary/aromatic N) is 2. The van der Waals surface area contributed by atoms with E-state index in [-0.39, 0.29) is 48.1 Å². The molecular formula is C21H22N2O3. The van der Waals surface area contributed by atoms with E-state index in [9.17, 15) is 14.4 Å². The van der Waals surface area contributed by atoms with E-state index in [1.807, 2.05) is 31.2 Å². The number of hydrogen-bond acceptors (Lipinski definition) is 3. The molecular weight excluding hydrogens is 328 g/mol. The summed E-state index contributed by atoms with van der Waals surface area (Å²) in [5.41, 5.74) is 1.70. The predicted octanol–water partition coefficient (Wildman–Crippen LogP) is 2.36. The van der Waals surface area contributed by atoms with E-state index < -0.39 is 0 Å². The van der Waals surface area contributed by atoms with Gasteiger partial charge in [-0.2, -0.15) is 0 Å².